The summed E-state index contributed by atoms with van der Waals surface area (Å²) in [6.45, 7) is 0. The van der Waals surface area contributed by atoms with E-state index in [1.165, 1.54) is 0 Å². The van der Waals surface area contributed by atoms with Gasteiger partial charge in [0.25, 0.3) is 0 Å². The molecule has 2 unspecified atom stereocenters. The van der Waals surface area contributed by atoms with Gasteiger partial charge in [0.2, 0.25) is 5.91 Å². The lowest BCUT2D eigenvalue weighted by Gasteiger charge is -2.35. The van der Waals surface area contributed by atoms with Crippen LogP contribution < -0.4 is 11.5 Å². The number of benzene rings is 1. The van der Waals surface area contributed by atoms with Crippen molar-refractivity contribution in [2.75, 3.05) is 0 Å². The number of rotatable bonds is 5. The van der Waals surface area contributed by atoms with Gasteiger partial charge in [-0.1, -0.05) is 5.16 Å². The Balaban J connectivity index is 1.68. The van der Waals surface area contributed by atoms with E-state index in [2.05, 4.69) is 5.16 Å². The van der Waals surface area contributed by atoms with E-state index in [0.717, 1.165) is 25.3 Å². The van der Waals surface area contributed by atoms with Crippen LogP contribution >= 0.6 is 0 Å². The Bertz CT molecular complexity index is 743. The molecule has 2 fully saturated rings. The van der Waals surface area contributed by atoms with Crippen molar-refractivity contribution in [2.45, 2.75) is 50.2 Å². The molecule has 1 aliphatic carbocycles. The van der Waals surface area contributed by atoms with E-state index in [-0.39, 0.29) is 42.1 Å². The number of fused-ring (bicyclic) bond motifs is 2. The zero-order valence-corrected chi connectivity index (χ0v) is 14.0. The Morgan fingerprint density at radius 1 is 1.27 bits per heavy atom. The van der Waals surface area contributed by atoms with Crippen molar-refractivity contribution in [1.29, 1.82) is 0 Å². The van der Waals surface area contributed by atoms with Crippen molar-refractivity contribution < 1.29 is 23.2 Å². The molecule has 26 heavy (non-hydrogen) atoms. The minimum absolute atomic E-state index is 0.00854. The molecule has 0 spiro atoms. The van der Waals surface area contributed by atoms with Crippen LogP contribution in [0.1, 0.15) is 31.2 Å². The SMILES string of the molecule is N/C(=N\O)[C@@H]1C2CCC(C2)N1C(=O)C[C@H](N)Cc1cc(F)c(F)cc1F. The highest BCUT2D eigenvalue weighted by atomic mass is 19.2. The molecule has 9 heteroatoms. The molecule has 1 heterocycles. The molecular formula is C17H21F3N4O2. The lowest BCUT2D eigenvalue weighted by atomic mass is 9.96. The minimum atomic E-state index is -1.27. The number of carbonyl (C=O) groups excluding carboxylic acids is 1. The highest BCUT2D eigenvalue weighted by molar-refractivity contribution is 5.91. The van der Waals surface area contributed by atoms with Crippen molar-refractivity contribution >= 4 is 11.7 Å². The zero-order chi connectivity index (χ0) is 19.0. The first-order chi connectivity index (χ1) is 12.3. The number of hydrogen-bond acceptors (Lipinski definition) is 4. The minimum Gasteiger partial charge on any atom is -0.409 e. The third kappa shape index (κ3) is 3.35. The van der Waals surface area contributed by atoms with Gasteiger partial charge in [-0.2, -0.15) is 0 Å². The summed E-state index contributed by atoms with van der Waals surface area (Å²) < 4.78 is 40.0. The van der Waals surface area contributed by atoms with Crippen LogP contribution in [0.15, 0.2) is 17.3 Å². The Morgan fingerprint density at radius 3 is 2.65 bits per heavy atom. The van der Waals surface area contributed by atoms with E-state index in [0.29, 0.717) is 6.07 Å². The van der Waals surface area contributed by atoms with E-state index in [1.54, 1.807) is 4.90 Å². The lowest BCUT2D eigenvalue weighted by Crippen LogP contribution is -2.52. The molecule has 6 nitrogen and oxygen atoms in total. The Labute approximate surface area is 148 Å². The number of likely N-dealkylation sites (tertiary alicyclic amines) is 1. The topological polar surface area (TPSA) is 105 Å². The van der Waals surface area contributed by atoms with Crippen LogP contribution in [-0.4, -0.2) is 40.0 Å². The summed E-state index contributed by atoms with van der Waals surface area (Å²) in [5, 5.41) is 12.0. The second-order valence-corrected chi connectivity index (χ2v) is 7.02. The van der Waals surface area contributed by atoms with Gasteiger partial charge >= 0.3 is 0 Å². The lowest BCUT2D eigenvalue weighted by molar-refractivity contribution is -0.134. The second-order valence-electron chi connectivity index (χ2n) is 7.02. The van der Waals surface area contributed by atoms with Gasteiger partial charge in [-0.3, -0.25) is 4.79 Å². The number of amides is 1. The van der Waals surface area contributed by atoms with Crippen LogP contribution in [0.4, 0.5) is 13.2 Å². The van der Waals surface area contributed by atoms with Crippen molar-refractivity contribution in [2.24, 2.45) is 22.5 Å². The number of carbonyl (C=O) groups is 1. The van der Waals surface area contributed by atoms with Gasteiger partial charge in [0, 0.05) is 24.6 Å². The molecule has 1 aliphatic heterocycles. The van der Waals surface area contributed by atoms with Crippen molar-refractivity contribution in [3.63, 3.8) is 0 Å². The molecule has 4 atom stereocenters. The average molecular weight is 370 g/mol. The molecule has 1 aromatic rings. The van der Waals surface area contributed by atoms with Crippen LogP contribution in [0.5, 0.6) is 0 Å². The number of piperidine rings is 1. The van der Waals surface area contributed by atoms with Crippen LogP contribution in [0, 0.1) is 23.4 Å². The maximum absolute atomic E-state index is 13.7. The molecule has 0 radical (unpaired) electrons. The molecule has 1 amide bonds. The molecule has 0 aromatic heterocycles. The number of amidine groups is 1. The quantitative estimate of drug-likeness (QED) is 0.240. The van der Waals surface area contributed by atoms with E-state index < -0.39 is 29.5 Å². The predicted molar refractivity (Wildman–Crippen MR) is 87.8 cm³/mol. The zero-order valence-electron chi connectivity index (χ0n) is 14.0. The second kappa shape index (κ2) is 7.14. The summed E-state index contributed by atoms with van der Waals surface area (Å²) in [5.74, 6) is -3.47. The molecule has 2 bridgehead atoms. The van der Waals surface area contributed by atoms with Gasteiger partial charge in [-0.25, -0.2) is 13.2 Å². The van der Waals surface area contributed by atoms with Gasteiger partial charge in [0.15, 0.2) is 17.5 Å². The molecule has 1 aromatic carbocycles. The van der Waals surface area contributed by atoms with Crippen LogP contribution in [0.25, 0.3) is 0 Å². The highest BCUT2D eigenvalue weighted by Gasteiger charge is 2.49. The number of nitrogens with two attached hydrogens (primary N) is 2. The number of halogens is 3. The smallest absolute Gasteiger partial charge is 0.225 e. The number of hydrogen-bond donors (Lipinski definition) is 3. The standard InChI is InChI=1S/C17H21F3N4O2/c18-12-7-14(20)13(19)5-9(12)3-10(21)6-15(25)24-11-2-1-8(4-11)16(24)17(22)23-26/h5,7-8,10-11,16,26H,1-4,6,21H2,(H2,22,23)/t8?,10-,11?,16+/m1/s1. The number of nitrogens with zero attached hydrogens (tertiary/aromatic N) is 2. The van der Waals surface area contributed by atoms with Gasteiger partial charge in [-0.05, 0) is 43.2 Å². The average Bonchev–Trinajstić information content (AvgIpc) is 3.20. The fraction of sp³-hybridized carbons (Fsp3) is 0.529. The molecule has 1 saturated heterocycles. The van der Waals surface area contributed by atoms with Gasteiger partial charge in [0.1, 0.15) is 5.82 Å². The molecule has 1 saturated carbocycles. The largest absolute Gasteiger partial charge is 0.409 e. The summed E-state index contributed by atoms with van der Waals surface area (Å²) in [7, 11) is 0. The van der Waals surface area contributed by atoms with E-state index in [1.807, 2.05) is 0 Å². The first kappa shape index (κ1) is 18.5. The molecule has 2 aliphatic rings. The van der Waals surface area contributed by atoms with Crippen molar-refractivity contribution in [3.05, 3.63) is 35.1 Å². The third-order valence-corrected chi connectivity index (χ3v) is 5.30. The van der Waals surface area contributed by atoms with Crippen LogP contribution in [-0.2, 0) is 11.2 Å². The van der Waals surface area contributed by atoms with E-state index in [9.17, 15) is 18.0 Å². The maximum Gasteiger partial charge on any atom is 0.225 e. The van der Waals surface area contributed by atoms with E-state index in [4.69, 9.17) is 16.7 Å². The van der Waals surface area contributed by atoms with Gasteiger partial charge < -0.3 is 21.6 Å². The van der Waals surface area contributed by atoms with Crippen LogP contribution in [0.3, 0.4) is 0 Å². The monoisotopic (exact) mass is 370 g/mol. The summed E-state index contributed by atoms with van der Waals surface area (Å²) in [4.78, 5) is 14.3. The van der Waals surface area contributed by atoms with E-state index >= 15 is 0 Å². The maximum atomic E-state index is 13.7. The molecular weight excluding hydrogens is 349 g/mol. The third-order valence-electron chi connectivity index (χ3n) is 5.30. The molecule has 3 rings (SSSR count). The fourth-order valence-corrected chi connectivity index (χ4v) is 4.19. The van der Waals surface area contributed by atoms with Gasteiger partial charge in [-0.15, -0.1) is 0 Å². The normalized spacial score (nSPS) is 26.4. The summed E-state index contributed by atoms with van der Waals surface area (Å²) in [5.41, 5.74) is 11.6. The summed E-state index contributed by atoms with van der Waals surface area (Å²) in [6.07, 6.45) is 2.33. The molecule has 5 N–H and O–H groups in total. The first-order valence-electron chi connectivity index (χ1n) is 8.49. The summed E-state index contributed by atoms with van der Waals surface area (Å²) in [6, 6.07) is 0.0106. The predicted octanol–water partition coefficient (Wildman–Crippen LogP) is 1.49. The Kier molecular flexibility index (Phi) is 5.08. The molecule has 142 valence electrons. The Hall–Kier alpha value is -2.29. The first-order valence-corrected chi connectivity index (χ1v) is 8.49. The van der Waals surface area contributed by atoms with Crippen molar-refractivity contribution in [3.8, 4) is 0 Å². The highest BCUT2D eigenvalue weighted by Crippen LogP contribution is 2.42. The fourth-order valence-electron chi connectivity index (χ4n) is 4.19. The van der Waals surface area contributed by atoms with Gasteiger partial charge in [0.05, 0.1) is 6.04 Å². The summed E-state index contributed by atoms with van der Waals surface area (Å²) >= 11 is 0. The van der Waals surface area contributed by atoms with Crippen LogP contribution in [0.2, 0.25) is 0 Å². The van der Waals surface area contributed by atoms with Crippen molar-refractivity contribution in [1.82, 2.24) is 4.90 Å². The Morgan fingerprint density at radius 2 is 1.96 bits per heavy atom. The number of oxime groups is 1.